The Bertz CT molecular complexity index is 1240. The second-order valence-corrected chi connectivity index (χ2v) is 9.89. The molecule has 3 rings (SSSR count). The highest BCUT2D eigenvalue weighted by Gasteiger charge is 2.14. The maximum absolute atomic E-state index is 5.68. The summed E-state index contributed by atoms with van der Waals surface area (Å²) in [6.07, 6.45) is 11.5. The molecule has 0 saturated carbocycles. The molecule has 0 radical (unpaired) electrons. The second kappa shape index (κ2) is 15.5. The summed E-state index contributed by atoms with van der Waals surface area (Å²) in [5, 5.41) is 10.9. The number of benzene rings is 2. The van der Waals surface area contributed by atoms with E-state index in [1.54, 1.807) is 6.08 Å². The molecule has 0 amide bonds. The van der Waals surface area contributed by atoms with Crippen molar-refractivity contribution in [2.75, 3.05) is 37.6 Å². The number of anilines is 2. The molecule has 0 fully saturated rings. The molecule has 7 heteroatoms. The van der Waals surface area contributed by atoms with Crippen LogP contribution in [0.2, 0.25) is 0 Å². The highest BCUT2D eigenvalue weighted by molar-refractivity contribution is 5.76. The van der Waals surface area contributed by atoms with Gasteiger partial charge in [-0.1, -0.05) is 62.3 Å². The molecule has 39 heavy (non-hydrogen) atoms. The predicted octanol–water partition coefficient (Wildman–Crippen LogP) is 7.06. The monoisotopic (exact) mass is 529 g/mol. The first-order valence-electron chi connectivity index (χ1n) is 13.7. The SMILES string of the molecule is C\C=C/C=C(\C=C\c1nc(-c2ccc(N(C)CCC(C)C)c(NCc3ccc(CC)cc3)c2)no1)OCNC. The molecule has 7 nitrogen and oxygen atoms in total. The molecule has 0 saturated heterocycles. The summed E-state index contributed by atoms with van der Waals surface area (Å²) in [4.78, 5) is 6.91. The van der Waals surface area contributed by atoms with Gasteiger partial charge in [-0.25, -0.2) is 0 Å². The van der Waals surface area contributed by atoms with E-state index in [-0.39, 0.29) is 0 Å². The van der Waals surface area contributed by atoms with Gasteiger partial charge in [0.1, 0.15) is 12.5 Å². The molecule has 0 spiro atoms. The Balaban J connectivity index is 1.83. The molecular formula is C32H43N5O2. The molecule has 0 aliphatic rings. The molecule has 208 valence electrons. The zero-order valence-corrected chi connectivity index (χ0v) is 24.2. The molecule has 0 unspecified atom stereocenters. The van der Waals surface area contributed by atoms with Gasteiger partial charge in [-0.05, 0) is 74.2 Å². The van der Waals surface area contributed by atoms with E-state index in [4.69, 9.17) is 9.26 Å². The van der Waals surface area contributed by atoms with E-state index < -0.39 is 0 Å². The summed E-state index contributed by atoms with van der Waals surface area (Å²) < 4.78 is 11.2. The number of nitrogens with one attached hydrogen (secondary N) is 2. The molecule has 0 atom stereocenters. The van der Waals surface area contributed by atoms with Crippen molar-refractivity contribution in [3.05, 3.63) is 89.5 Å². The normalized spacial score (nSPS) is 12.1. The summed E-state index contributed by atoms with van der Waals surface area (Å²) in [6, 6.07) is 15.1. The third-order valence-electron chi connectivity index (χ3n) is 6.29. The number of hydrogen-bond acceptors (Lipinski definition) is 7. The molecular weight excluding hydrogens is 486 g/mol. The summed E-state index contributed by atoms with van der Waals surface area (Å²) in [5.74, 6) is 2.28. The largest absolute Gasteiger partial charge is 0.478 e. The maximum atomic E-state index is 5.68. The van der Waals surface area contributed by atoms with E-state index in [9.17, 15) is 0 Å². The molecule has 1 aromatic heterocycles. The lowest BCUT2D eigenvalue weighted by Gasteiger charge is -2.24. The van der Waals surface area contributed by atoms with Gasteiger partial charge in [0.05, 0.1) is 11.4 Å². The first kappa shape index (κ1) is 29.7. The zero-order chi connectivity index (χ0) is 28.0. The lowest BCUT2D eigenvalue weighted by molar-refractivity contribution is 0.208. The smallest absolute Gasteiger partial charge is 0.251 e. The highest BCUT2D eigenvalue weighted by Crippen LogP contribution is 2.31. The minimum absolute atomic E-state index is 0.402. The first-order chi connectivity index (χ1) is 18.9. The van der Waals surface area contributed by atoms with Crippen molar-refractivity contribution in [3.63, 3.8) is 0 Å². The number of aromatic nitrogens is 2. The standard InChI is InChI=1S/C32H43N5O2/c1-7-9-10-28(38-23-33-5)16-18-31-35-32(36-39-31)27-15-17-30(37(6)20-19-24(3)4)29(21-27)34-22-26-13-11-25(8-2)12-14-26/h7,9-18,21,24,33-34H,8,19-20,22-23H2,1-6H3/b9-7-,18-16+,28-10+. The first-order valence-corrected chi connectivity index (χ1v) is 13.7. The van der Waals surface area contributed by atoms with Gasteiger partial charge in [-0.2, -0.15) is 4.98 Å². The molecule has 2 N–H and O–H groups in total. The second-order valence-electron chi connectivity index (χ2n) is 9.89. The topological polar surface area (TPSA) is 75.5 Å². The van der Waals surface area contributed by atoms with Crippen molar-refractivity contribution < 1.29 is 9.26 Å². The van der Waals surface area contributed by atoms with E-state index >= 15 is 0 Å². The van der Waals surface area contributed by atoms with Crippen LogP contribution in [-0.2, 0) is 17.7 Å². The Hall–Kier alpha value is -3.84. The number of ether oxygens (including phenoxy) is 1. The van der Waals surface area contributed by atoms with Crippen LogP contribution in [0.3, 0.4) is 0 Å². The minimum Gasteiger partial charge on any atom is -0.478 e. The maximum Gasteiger partial charge on any atom is 0.251 e. The van der Waals surface area contributed by atoms with E-state index in [0.717, 1.165) is 42.9 Å². The van der Waals surface area contributed by atoms with Crippen LogP contribution in [0.15, 0.2) is 77.1 Å². The van der Waals surface area contributed by atoms with Gasteiger partial charge in [0.25, 0.3) is 5.89 Å². The molecule has 0 aliphatic carbocycles. The van der Waals surface area contributed by atoms with Crippen LogP contribution in [-0.4, -0.2) is 37.5 Å². The molecule has 3 aromatic rings. The van der Waals surface area contributed by atoms with E-state index in [1.807, 2.05) is 44.3 Å². The molecule has 0 aliphatic heterocycles. The summed E-state index contributed by atoms with van der Waals surface area (Å²) in [7, 11) is 3.98. The fraction of sp³-hybridized carbons (Fsp3) is 0.375. The fourth-order valence-electron chi connectivity index (χ4n) is 3.88. The minimum atomic E-state index is 0.402. The molecule has 2 aromatic carbocycles. The van der Waals surface area contributed by atoms with Crippen molar-refractivity contribution in [2.45, 2.75) is 47.1 Å². The number of nitrogens with zero attached hydrogens (tertiary/aromatic N) is 3. The molecule has 1 heterocycles. The van der Waals surface area contributed by atoms with Crippen LogP contribution in [0, 0.1) is 5.92 Å². The number of rotatable bonds is 15. The van der Waals surface area contributed by atoms with Crippen LogP contribution in [0.4, 0.5) is 11.4 Å². The lowest BCUT2D eigenvalue weighted by Crippen LogP contribution is -2.21. The van der Waals surface area contributed by atoms with Crippen molar-refractivity contribution >= 4 is 17.5 Å². The van der Waals surface area contributed by atoms with Crippen molar-refractivity contribution in [2.24, 2.45) is 5.92 Å². The van der Waals surface area contributed by atoms with Crippen LogP contribution in [0.25, 0.3) is 17.5 Å². The Kier molecular flexibility index (Phi) is 11.8. The zero-order valence-electron chi connectivity index (χ0n) is 24.2. The molecule has 0 bridgehead atoms. The summed E-state index contributed by atoms with van der Waals surface area (Å²) in [5.41, 5.74) is 5.66. The Morgan fingerprint density at radius 2 is 1.90 bits per heavy atom. The van der Waals surface area contributed by atoms with Crippen LogP contribution in [0.1, 0.15) is 51.1 Å². The van der Waals surface area contributed by atoms with Gasteiger partial charge in [0.2, 0.25) is 5.82 Å². The van der Waals surface area contributed by atoms with Gasteiger partial charge in [-0.15, -0.1) is 0 Å². The number of hydrogen-bond donors (Lipinski definition) is 2. The van der Waals surface area contributed by atoms with Gasteiger partial charge in [-0.3, -0.25) is 5.32 Å². The number of allylic oxidation sites excluding steroid dienone is 4. The van der Waals surface area contributed by atoms with Gasteiger partial charge in [0, 0.05) is 31.8 Å². The lowest BCUT2D eigenvalue weighted by atomic mass is 10.1. The number of aryl methyl sites for hydroxylation is 1. The van der Waals surface area contributed by atoms with E-state index in [2.05, 4.69) is 89.9 Å². The third-order valence-corrected chi connectivity index (χ3v) is 6.29. The van der Waals surface area contributed by atoms with E-state index in [1.165, 1.54) is 11.1 Å². The summed E-state index contributed by atoms with van der Waals surface area (Å²) >= 11 is 0. The summed E-state index contributed by atoms with van der Waals surface area (Å²) in [6.45, 7) is 10.8. The van der Waals surface area contributed by atoms with Gasteiger partial charge >= 0.3 is 0 Å². The van der Waals surface area contributed by atoms with Crippen molar-refractivity contribution in [1.29, 1.82) is 0 Å². The van der Waals surface area contributed by atoms with Crippen molar-refractivity contribution in [3.8, 4) is 11.4 Å². The van der Waals surface area contributed by atoms with Gasteiger partial charge < -0.3 is 19.5 Å². The average molecular weight is 530 g/mol. The average Bonchev–Trinajstić information content (AvgIpc) is 3.43. The quantitative estimate of drug-likeness (QED) is 0.124. The Morgan fingerprint density at radius 1 is 1.13 bits per heavy atom. The van der Waals surface area contributed by atoms with Crippen molar-refractivity contribution in [1.82, 2.24) is 15.5 Å². The van der Waals surface area contributed by atoms with Crippen LogP contribution in [0.5, 0.6) is 0 Å². The predicted molar refractivity (Wildman–Crippen MR) is 163 cm³/mol. The van der Waals surface area contributed by atoms with Crippen LogP contribution >= 0.6 is 0 Å². The highest BCUT2D eigenvalue weighted by atomic mass is 16.5. The third kappa shape index (κ3) is 9.45. The fourth-order valence-corrected chi connectivity index (χ4v) is 3.88. The van der Waals surface area contributed by atoms with Gasteiger partial charge in [0.15, 0.2) is 0 Å². The van der Waals surface area contributed by atoms with E-state index in [0.29, 0.717) is 30.1 Å². The van der Waals surface area contributed by atoms with Crippen LogP contribution < -0.4 is 15.5 Å². The Labute approximate surface area is 233 Å². The Morgan fingerprint density at radius 3 is 2.59 bits per heavy atom.